The van der Waals surface area contributed by atoms with Gasteiger partial charge in [-0.1, -0.05) is 30.3 Å². The molecule has 0 aromatic heterocycles. The molecule has 1 N–H and O–H groups in total. The van der Waals surface area contributed by atoms with E-state index in [2.05, 4.69) is 10.1 Å². The van der Waals surface area contributed by atoms with Crippen LogP contribution < -0.4 is 14.8 Å². The second-order valence-corrected chi connectivity index (χ2v) is 5.93. The zero-order valence-electron chi connectivity index (χ0n) is 15.2. The molecule has 5 nitrogen and oxygen atoms in total. The van der Waals surface area contributed by atoms with Crippen molar-refractivity contribution in [2.75, 3.05) is 11.9 Å². The third kappa shape index (κ3) is 5.62. The van der Waals surface area contributed by atoms with Gasteiger partial charge in [-0.15, -0.1) is 0 Å². The Labute approximate surface area is 165 Å². The SMILES string of the molecule is O=C(COc1ccccc1C(=O)Nc1ccccc1)c1ccc(OC(F)F)cc1. The highest BCUT2D eigenvalue weighted by Crippen LogP contribution is 2.21. The maximum atomic E-state index is 12.5. The van der Waals surface area contributed by atoms with E-state index < -0.39 is 6.61 Å². The summed E-state index contributed by atoms with van der Waals surface area (Å²) in [6.07, 6.45) is 0. The average Bonchev–Trinajstić information content (AvgIpc) is 2.73. The van der Waals surface area contributed by atoms with Crippen molar-refractivity contribution < 1.29 is 27.8 Å². The minimum absolute atomic E-state index is 0.0413. The van der Waals surface area contributed by atoms with E-state index >= 15 is 0 Å². The molecule has 0 saturated heterocycles. The minimum Gasteiger partial charge on any atom is -0.485 e. The number of para-hydroxylation sites is 2. The second-order valence-electron chi connectivity index (χ2n) is 5.93. The number of benzene rings is 3. The number of amides is 1. The zero-order chi connectivity index (χ0) is 20.6. The summed E-state index contributed by atoms with van der Waals surface area (Å²) in [5.74, 6) is -0.521. The van der Waals surface area contributed by atoms with Gasteiger partial charge in [-0.3, -0.25) is 9.59 Å². The van der Waals surface area contributed by atoms with Crippen molar-refractivity contribution in [2.24, 2.45) is 0 Å². The standard InChI is InChI=1S/C22H17F2NO4/c23-22(24)29-17-12-10-15(11-13-17)19(26)14-28-20-9-5-4-8-18(20)21(27)25-16-6-2-1-3-7-16/h1-13,22H,14H2,(H,25,27). The van der Waals surface area contributed by atoms with Gasteiger partial charge >= 0.3 is 6.61 Å². The highest BCUT2D eigenvalue weighted by Gasteiger charge is 2.14. The summed E-state index contributed by atoms with van der Waals surface area (Å²) < 4.78 is 34.2. The van der Waals surface area contributed by atoms with Crippen LogP contribution in [0.25, 0.3) is 0 Å². The number of carbonyl (C=O) groups is 2. The van der Waals surface area contributed by atoms with Gasteiger partial charge in [-0.05, 0) is 48.5 Å². The largest absolute Gasteiger partial charge is 0.485 e. The van der Waals surface area contributed by atoms with Crippen molar-refractivity contribution in [3.05, 3.63) is 90.0 Å². The Morgan fingerprint density at radius 3 is 2.21 bits per heavy atom. The molecule has 3 aromatic carbocycles. The molecule has 3 aromatic rings. The summed E-state index contributed by atoms with van der Waals surface area (Å²) in [5.41, 5.74) is 1.19. The molecule has 0 aliphatic heterocycles. The number of rotatable bonds is 8. The van der Waals surface area contributed by atoms with Gasteiger partial charge in [0, 0.05) is 11.3 Å². The van der Waals surface area contributed by atoms with Crippen LogP contribution in [0.4, 0.5) is 14.5 Å². The van der Waals surface area contributed by atoms with Crippen molar-refractivity contribution in [3.63, 3.8) is 0 Å². The molecule has 0 atom stereocenters. The quantitative estimate of drug-likeness (QED) is 0.555. The lowest BCUT2D eigenvalue weighted by Crippen LogP contribution is -2.16. The topological polar surface area (TPSA) is 64.6 Å². The van der Waals surface area contributed by atoms with Crippen LogP contribution in [0, 0.1) is 0 Å². The summed E-state index contributed by atoms with van der Waals surface area (Å²) in [6, 6.07) is 20.8. The van der Waals surface area contributed by atoms with E-state index in [9.17, 15) is 18.4 Å². The third-order valence-corrected chi connectivity index (χ3v) is 3.92. The molecule has 0 spiro atoms. The van der Waals surface area contributed by atoms with Gasteiger partial charge in [0.25, 0.3) is 5.91 Å². The van der Waals surface area contributed by atoms with E-state index in [1.165, 1.54) is 24.3 Å². The number of ether oxygens (including phenoxy) is 2. The number of nitrogens with one attached hydrogen (secondary N) is 1. The van der Waals surface area contributed by atoms with Gasteiger partial charge in [0.15, 0.2) is 12.4 Å². The second kappa shape index (κ2) is 9.45. The highest BCUT2D eigenvalue weighted by molar-refractivity contribution is 6.06. The van der Waals surface area contributed by atoms with Crippen molar-refractivity contribution in [3.8, 4) is 11.5 Å². The normalized spacial score (nSPS) is 10.4. The van der Waals surface area contributed by atoms with Crippen LogP contribution in [-0.4, -0.2) is 24.9 Å². The van der Waals surface area contributed by atoms with Crippen LogP contribution in [0.2, 0.25) is 0 Å². The summed E-state index contributed by atoms with van der Waals surface area (Å²) in [6.45, 7) is -3.25. The Hall–Kier alpha value is -3.74. The molecule has 0 heterocycles. The molecule has 29 heavy (non-hydrogen) atoms. The first kappa shape index (κ1) is 20.0. The lowest BCUT2D eigenvalue weighted by molar-refractivity contribution is -0.0498. The first-order valence-corrected chi connectivity index (χ1v) is 8.69. The fourth-order valence-electron chi connectivity index (χ4n) is 2.55. The predicted octanol–water partition coefficient (Wildman–Crippen LogP) is 4.80. The number of alkyl halides is 2. The first-order chi connectivity index (χ1) is 14.0. The number of carbonyl (C=O) groups excluding carboxylic acids is 2. The van der Waals surface area contributed by atoms with E-state index in [-0.39, 0.29) is 40.9 Å². The Morgan fingerprint density at radius 2 is 1.52 bits per heavy atom. The Kier molecular flexibility index (Phi) is 6.52. The number of hydrogen-bond acceptors (Lipinski definition) is 4. The van der Waals surface area contributed by atoms with Crippen LogP contribution in [-0.2, 0) is 0 Å². The molecule has 0 saturated carbocycles. The molecule has 7 heteroatoms. The van der Waals surface area contributed by atoms with E-state index in [1.54, 1.807) is 48.5 Å². The van der Waals surface area contributed by atoms with Crippen molar-refractivity contribution >= 4 is 17.4 Å². The fraction of sp³-hybridized carbons (Fsp3) is 0.0909. The summed E-state index contributed by atoms with van der Waals surface area (Å²) in [7, 11) is 0. The average molecular weight is 397 g/mol. The number of anilines is 1. The molecule has 0 radical (unpaired) electrons. The smallest absolute Gasteiger partial charge is 0.387 e. The van der Waals surface area contributed by atoms with E-state index in [0.717, 1.165) is 0 Å². The van der Waals surface area contributed by atoms with Gasteiger partial charge in [0.1, 0.15) is 11.5 Å². The van der Waals surface area contributed by atoms with E-state index in [4.69, 9.17) is 4.74 Å². The van der Waals surface area contributed by atoms with E-state index in [1.807, 2.05) is 6.07 Å². The molecule has 3 rings (SSSR count). The van der Waals surface area contributed by atoms with Crippen LogP contribution in [0.5, 0.6) is 11.5 Å². The van der Waals surface area contributed by atoms with Crippen molar-refractivity contribution in [1.82, 2.24) is 0 Å². The molecule has 0 unspecified atom stereocenters. The first-order valence-electron chi connectivity index (χ1n) is 8.69. The molecular weight excluding hydrogens is 380 g/mol. The molecule has 148 valence electrons. The highest BCUT2D eigenvalue weighted by atomic mass is 19.3. The number of halogens is 2. The van der Waals surface area contributed by atoms with Gasteiger partial charge < -0.3 is 14.8 Å². The number of hydrogen-bond donors (Lipinski definition) is 1. The van der Waals surface area contributed by atoms with Gasteiger partial charge in [-0.2, -0.15) is 8.78 Å². The Morgan fingerprint density at radius 1 is 0.862 bits per heavy atom. The monoisotopic (exact) mass is 397 g/mol. The minimum atomic E-state index is -2.93. The maximum absolute atomic E-state index is 12.5. The molecule has 1 amide bonds. The van der Waals surface area contributed by atoms with Gasteiger partial charge in [0.05, 0.1) is 5.56 Å². The lowest BCUT2D eigenvalue weighted by atomic mass is 10.1. The molecule has 0 fully saturated rings. The summed E-state index contributed by atoms with van der Waals surface area (Å²) in [4.78, 5) is 24.8. The zero-order valence-corrected chi connectivity index (χ0v) is 15.2. The van der Waals surface area contributed by atoms with Crippen LogP contribution >= 0.6 is 0 Å². The van der Waals surface area contributed by atoms with Crippen molar-refractivity contribution in [1.29, 1.82) is 0 Å². The summed E-state index contributed by atoms with van der Waals surface area (Å²) >= 11 is 0. The number of Topliss-reactive ketones (excluding diaryl/α,β-unsaturated/α-hetero) is 1. The summed E-state index contributed by atoms with van der Waals surface area (Å²) in [5, 5.41) is 2.76. The third-order valence-electron chi connectivity index (χ3n) is 3.92. The molecule has 0 aliphatic carbocycles. The Balaban J connectivity index is 1.65. The van der Waals surface area contributed by atoms with Gasteiger partial charge in [0.2, 0.25) is 0 Å². The predicted molar refractivity (Wildman–Crippen MR) is 104 cm³/mol. The van der Waals surface area contributed by atoms with E-state index in [0.29, 0.717) is 5.69 Å². The fourth-order valence-corrected chi connectivity index (χ4v) is 2.55. The van der Waals surface area contributed by atoms with Crippen LogP contribution in [0.1, 0.15) is 20.7 Å². The maximum Gasteiger partial charge on any atom is 0.387 e. The van der Waals surface area contributed by atoms with Crippen LogP contribution in [0.15, 0.2) is 78.9 Å². The van der Waals surface area contributed by atoms with Crippen molar-refractivity contribution in [2.45, 2.75) is 6.61 Å². The Bertz CT molecular complexity index is 976. The molecule has 0 bridgehead atoms. The van der Waals surface area contributed by atoms with Gasteiger partial charge in [-0.25, -0.2) is 0 Å². The van der Waals surface area contributed by atoms with Crippen LogP contribution in [0.3, 0.4) is 0 Å². The molecule has 0 aliphatic rings. The molecular formula is C22H17F2NO4. The lowest BCUT2D eigenvalue weighted by Gasteiger charge is -2.11. The number of ketones is 1.